The second-order valence-electron chi connectivity index (χ2n) is 6.80. The summed E-state index contributed by atoms with van der Waals surface area (Å²) in [5.74, 6) is -0.524. The highest BCUT2D eigenvalue weighted by molar-refractivity contribution is 6.36. The summed E-state index contributed by atoms with van der Waals surface area (Å²) in [6.07, 6.45) is 0.590. The van der Waals surface area contributed by atoms with Crippen LogP contribution >= 0.6 is 34.8 Å². The van der Waals surface area contributed by atoms with Crippen molar-refractivity contribution in [3.8, 4) is 0 Å². The Morgan fingerprint density at radius 2 is 1.75 bits per heavy atom. The Morgan fingerprint density at radius 3 is 2.47 bits per heavy atom. The van der Waals surface area contributed by atoms with Gasteiger partial charge in [-0.25, -0.2) is 4.39 Å². The van der Waals surface area contributed by atoms with Crippen LogP contribution in [0.5, 0.6) is 0 Å². The second kappa shape index (κ2) is 10.3. The number of nitrogens with one attached hydrogen (secondary N) is 2. The lowest BCUT2D eigenvalue weighted by Crippen LogP contribution is -2.23. The fraction of sp³-hybridized carbons (Fsp3) is 0.174. The van der Waals surface area contributed by atoms with Crippen LogP contribution in [-0.4, -0.2) is 17.5 Å². The van der Waals surface area contributed by atoms with Crippen molar-refractivity contribution in [3.63, 3.8) is 0 Å². The van der Waals surface area contributed by atoms with Gasteiger partial charge in [0.15, 0.2) is 5.96 Å². The summed E-state index contributed by atoms with van der Waals surface area (Å²) in [6.45, 7) is 4.42. The van der Waals surface area contributed by atoms with E-state index in [1.54, 1.807) is 0 Å². The monoisotopic (exact) mass is 493 g/mol. The standard InChI is InChI=1S/C21H17Cl3FN5.C2H6/c22-11-1-2-18-13(6-11)14-7-12(29-19-9-17(25)15(23)8-16(19)24)5-10(20(14)30-18)3-4-28-21(26)27;1-2/h1-2,5-9,29-30H,3-4H2,(H4,26,27,28);1-2H3. The number of H-pyrrole nitrogens is 1. The molecule has 0 fully saturated rings. The normalized spacial score (nSPS) is 10.7. The molecule has 5 nitrogen and oxygen atoms in total. The molecular weight excluding hydrogens is 472 g/mol. The summed E-state index contributed by atoms with van der Waals surface area (Å²) in [5.41, 5.74) is 14.9. The highest BCUT2D eigenvalue weighted by Gasteiger charge is 2.13. The molecule has 0 spiro atoms. The molecule has 168 valence electrons. The molecule has 1 aromatic heterocycles. The molecule has 4 rings (SSSR count). The highest BCUT2D eigenvalue weighted by atomic mass is 35.5. The van der Waals surface area contributed by atoms with E-state index in [0.29, 0.717) is 28.7 Å². The molecule has 0 amide bonds. The number of aromatic nitrogens is 1. The number of aliphatic imine (C=N–C) groups is 1. The molecule has 0 unspecified atom stereocenters. The lowest BCUT2D eigenvalue weighted by Gasteiger charge is -2.12. The van der Waals surface area contributed by atoms with Crippen LogP contribution in [0.4, 0.5) is 15.8 Å². The second-order valence-corrected chi connectivity index (χ2v) is 8.05. The van der Waals surface area contributed by atoms with Gasteiger partial charge in [-0.05, 0) is 48.4 Å². The van der Waals surface area contributed by atoms with Gasteiger partial charge in [-0.15, -0.1) is 0 Å². The topological polar surface area (TPSA) is 92.2 Å². The Hall–Kier alpha value is -2.67. The minimum absolute atomic E-state index is 0.0346. The van der Waals surface area contributed by atoms with Gasteiger partial charge in [0.05, 0.1) is 15.7 Å². The maximum atomic E-state index is 14.0. The van der Waals surface area contributed by atoms with Gasteiger partial charge in [-0.3, -0.25) is 4.99 Å². The zero-order valence-electron chi connectivity index (χ0n) is 17.6. The van der Waals surface area contributed by atoms with Gasteiger partial charge < -0.3 is 21.8 Å². The quantitative estimate of drug-likeness (QED) is 0.137. The fourth-order valence-electron chi connectivity index (χ4n) is 3.39. The zero-order valence-corrected chi connectivity index (χ0v) is 19.8. The van der Waals surface area contributed by atoms with E-state index in [9.17, 15) is 4.39 Å². The van der Waals surface area contributed by atoms with Crippen LogP contribution in [0.1, 0.15) is 19.4 Å². The van der Waals surface area contributed by atoms with Crippen LogP contribution in [0.25, 0.3) is 21.8 Å². The number of nitrogens with two attached hydrogens (primary N) is 2. The average molecular weight is 495 g/mol. The van der Waals surface area contributed by atoms with E-state index in [4.69, 9.17) is 46.3 Å². The van der Waals surface area contributed by atoms with Crippen LogP contribution in [0, 0.1) is 5.82 Å². The molecule has 0 aliphatic rings. The number of rotatable bonds is 5. The molecule has 1 heterocycles. The predicted molar refractivity (Wildman–Crippen MR) is 136 cm³/mol. The number of anilines is 2. The average Bonchev–Trinajstić information content (AvgIpc) is 3.11. The van der Waals surface area contributed by atoms with E-state index >= 15 is 0 Å². The van der Waals surface area contributed by atoms with Gasteiger partial charge in [-0.1, -0.05) is 48.7 Å². The molecule has 4 aromatic rings. The SMILES string of the molecule is CC.NC(N)=NCCc1cc(Nc2cc(F)c(Cl)cc2Cl)cc2c1[nH]c1ccc(Cl)cc12. The van der Waals surface area contributed by atoms with Crippen molar-refractivity contribution in [3.05, 3.63) is 68.9 Å². The maximum Gasteiger partial charge on any atom is 0.185 e. The summed E-state index contributed by atoms with van der Waals surface area (Å²) in [6, 6.07) is 12.2. The first-order chi connectivity index (χ1) is 15.3. The zero-order chi connectivity index (χ0) is 23.4. The number of halogens is 4. The van der Waals surface area contributed by atoms with Gasteiger partial charge in [-0.2, -0.15) is 0 Å². The Bertz CT molecular complexity index is 1300. The van der Waals surface area contributed by atoms with Crippen LogP contribution in [-0.2, 0) is 6.42 Å². The van der Waals surface area contributed by atoms with Crippen molar-refractivity contribution in [1.82, 2.24) is 4.98 Å². The molecule has 0 saturated heterocycles. The van der Waals surface area contributed by atoms with E-state index in [1.807, 2.05) is 44.2 Å². The highest BCUT2D eigenvalue weighted by Crippen LogP contribution is 2.35. The molecule has 0 radical (unpaired) electrons. The minimum atomic E-state index is -0.559. The third-order valence-electron chi connectivity index (χ3n) is 4.72. The molecule has 32 heavy (non-hydrogen) atoms. The number of nitrogens with zero attached hydrogens (tertiary/aromatic N) is 1. The Morgan fingerprint density at radius 1 is 1.00 bits per heavy atom. The molecule has 0 aliphatic heterocycles. The lowest BCUT2D eigenvalue weighted by molar-refractivity contribution is 0.629. The van der Waals surface area contributed by atoms with Crippen LogP contribution < -0.4 is 16.8 Å². The first kappa shape index (κ1) is 24.0. The van der Waals surface area contributed by atoms with Crippen molar-refractivity contribution >= 4 is 73.9 Å². The third-order valence-corrected chi connectivity index (χ3v) is 5.55. The molecule has 3 aromatic carbocycles. The Labute approximate surface area is 200 Å². The van der Waals surface area contributed by atoms with Gasteiger partial charge in [0.1, 0.15) is 5.82 Å². The van der Waals surface area contributed by atoms with E-state index in [2.05, 4.69) is 15.3 Å². The van der Waals surface area contributed by atoms with Crippen molar-refractivity contribution in [2.45, 2.75) is 20.3 Å². The van der Waals surface area contributed by atoms with Crippen molar-refractivity contribution < 1.29 is 4.39 Å². The predicted octanol–water partition coefficient (Wildman–Crippen LogP) is 7.01. The van der Waals surface area contributed by atoms with E-state index in [0.717, 1.165) is 33.1 Å². The molecular formula is C23H23Cl3FN5. The molecule has 9 heteroatoms. The number of aromatic amines is 1. The number of hydrogen-bond acceptors (Lipinski definition) is 2. The molecule has 0 atom stereocenters. The number of fused-ring (bicyclic) bond motifs is 3. The number of benzene rings is 3. The first-order valence-corrected chi connectivity index (χ1v) is 11.2. The Balaban J connectivity index is 0.00000141. The van der Waals surface area contributed by atoms with Gasteiger partial charge in [0.25, 0.3) is 0 Å². The van der Waals surface area contributed by atoms with E-state index < -0.39 is 5.82 Å². The summed E-state index contributed by atoms with van der Waals surface area (Å²) in [4.78, 5) is 7.51. The minimum Gasteiger partial charge on any atom is -0.370 e. The van der Waals surface area contributed by atoms with Crippen molar-refractivity contribution in [2.75, 3.05) is 11.9 Å². The lowest BCUT2D eigenvalue weighted by atomic mass is 10.0. The fourth-order valence-corrected chi connectivity index (χ4v) is 4.00. The van der Waals surface area contributed by atoms with Crippen LogP contribution in [0.15, 0.2) is 47.5 Å². The van der Waals surface area contributed by atoms with Gasteiger partial charge >= 0.3 is 0 Å². The van der Waals surface area contributed by atoms with Crippen molar-refractivity contribution in [1.29, 1.82) is 0 Å². The van der Waals surface area contributed by atoms with Crippen LogP contribution in [0.2, 0.25) is 15.1 Å². The summed E-state index contributed by atoms with van der Waals surface area (Å²) >= 11 is 18.3. The maximum absolute atomic E-state index is 14.0. The molecule has 0 bridgehead atoms. The molecule has 0 aliphatic carbocycles. The third kappa shape index (κ3) is 5.21. The smallest absolute Gasteiger partial charge is 0.185 e. The summed E-state index contributed by atoms with van der Waals surface area (Å²) in [5, 5.41) is 6.01. The number of guanidine groups is 1. The first-order valence-electron chi connectivity index (χ1n) is 10.0. The van der Waals surface area contributed by atoms with Gasteiger partial charge in [0.2, 0.25) is 0 Å². The largest absolute Gasteiger partial charge is 0.370 e. The molecule has 6 N–H and O–H groups in total. The Kier molecular flexibility index (Phi) is 7.72. The van der Waals surface area contributed by atoms with E-state index in [-0.39, 0.29) is 11.0 Å². The van der Waals surface area contributed by atoms with Gasteiger partial charge in [0, 0.05) is 45.1 Å². The summed E-state index contributed by atoms with van der Waals surface area (Å²) < 4.78 is 14.0. The van der Waals surface area contributed by atoms with Crippen LogP contribution in [0.3, 0.4) is 0 Å². The van der Waals surface area contributed by atoms with E-state index in [1.165, 1.54) is 12.1 Å². The molecule has 0 saturated carbocycles. The number of hydrogen-bond donors (Lipinski definition) is 4. The summed E-state index contributed by atoms with van der Waals surface area (Å²) in [7, 11) is 0. The van der Waals surface area contributed by atoms with Crippen molar-refractivity contribution in [2.24, 2.45) is 16.5 Å².